The summed E-state index contributed by atoms with van der Waals surface area (Å²) in [5.41, 5.74) is -2.51. The number of esters is 2. The predicted molar refractivity (Wildman–Crippen MR) is 95.8 cm³/mol. The molecule has 0 radical (unpaired) electrons. The SMILES string of the molecule is COC(=O)[C@H](C[C@]1(C(=O)OC)C[C@H]2OC[C@@H](O)[C@@H](O)[C@H]2O1)NC(=O)OC(C)(C)C. The van der Waals surface area contributed by atoms with Gasteiger partial charge in [0.25, 0.3) is 0 Å². The van der Waals surface area contributed by atoms with Crippen LogP contribution in [0.3, 0.4) is 0 Å². The Balaban J connectivity index is 2.25. The Morgan fingerprint density at radius 1 is 1.21 bits per heavy atom. The largest absolute Gasteiger partial charge is 0.467 e. The minimum atomic E-state index is -1.71. The van der Waals surface area contributed by atoms with Crippen molar-refractivity contribution >= 4 is 18.0 Å². The van der Waals surface area contributed by atoms with Crippen molar-refractivity contribution in [2.45, 2.75) is 75.3 Å². The van der Waals surface area contributed by atoms with E-state index < -0.39 is 59.7 Å². The lowest BCUT2D eigenvalue weighted by Crippen LogP contribution is -2.53. The molecule has 1 amide bonds. The lowest BCUT2D eigenvalue weighted by atomic mass is 9.89. The Hall–Kier alpha value is -1.95. The Kier molecular flexibility index (Phi) is 7.10. The highest BCUT2D eigenvalue weighted by atomic mass is 16.6. The third kappa shape index (κ3) is 5.35. The number of aliphatic hydroxyl groups is 2. The van der Waals surface area contributed by atoms with Crippen molar-refractivity contribution in [3.63, 3.8) is 0 Å². The van der Waals surface area contributed by atoms with Gasteiger partial charge in [0.2, 0.25) is 0 Å². The van der Waals surface area contributed by atoms with E-state index in [2.05, 4.69) is 5.32 Å². The Labute approximate surface area is 168 Å². The van der Waals surface area contributed by atoms with Crippen molar-refractivity contribution in [3.8, 4) is 0 Å². The first kappa shape index (κ1) is 23.3. The number of rotatable bonds is 5. The molecule has 0 saturated carbocycles. The van der Waals surface area contributed by atoms with Gasteiger partial charge in [-0.15, -0.1) is 0 Å². The fourth-order valence-electron chi connectivity index (χ4n) is 3.46. The summed E-state index contributed by atoms with van der Waals surface area (Å²) in [6.45, 7) is 4.85. The normalized spacial score (nSPS) is 32.7. The van der Waals surface area contributed by atoms with Crippen molar-refractivity contribution in [2.75, 3.05) is 20.8 Å². The summed E-state index contributed by atoms with van der Waals surface area (Å²) in [5, 5.41) is 22.4. The summed E-state index contributed by atoms with van der Waals surface area (Å²) in [4.78, 5) is 37.0. The van der Waals surface area contributed by atoms with E-state index in [1.54, 1.807) is 20.8 Å². The minimum Gasteiger partial charge on any atom is -0.467 e. The molecule has 0 aromatic heterocycles. The van der Waals surface area contributed by atoms with Gasteiger partial charge in [-0.05, 0) is 20.8 Å². The second-order valence-electron chi connectivity index (χ2n) is 8.13. The van der Waals surface area contributed by atoms with E-state index in [0.717, 1.165) is 14.2 Å². The van der Waals surface area contributed by atoms with Crippen LogP contribution < -0.4 is 5.32 Å². The molecule has 2 heterocycles. The van der Waals surface area contributed by atoms with Gasteiger partial charge < -0.3 is 39.2 Å². The summed E-state index contributed by atoms with van der Waals surface area (Å²) < 4.78 is 26.0. The first-order chi connectivity index (χ1) is 13.4. The highest BCUT2D eigenvalue weighted by Gasteiger charge is 2.59. The highest BCUT2D eigenvalue weighted by Crippen LogP contribution is 2.41. The van der Waals surface area contributed by atoms with E-state index in [9.17, 15) is 24.6 Å². The van der Waals surface area contributed by atoms with Crippen LogP contribution in [-0.2, 0) is 33.3 Å². The molecule has 11 heteroatoms. The van der Waals surface area contributed by atoms with Gasteiger partial charge in [0.15, 0.2) is 5.60 Å². The average Bonchev–Trinajstić information content (AvgIpc) is 3.01. The molecule has 2 saturated heterocycles. The van der Waals surface area contributed by atoms with Crippen LogP contribution >= 0.6 is 0 Å². The van der Waals surface area contributed by atoms with Crippen LogP contribution in [0.1, 0.15) is 33.6 Å². The molecule has 0 spiro atoms. The van der Waals surface area contributed by atoms with Crippen LogP contribution in [0.15, 0.2) is 0 Å². The first-order valence-corrected chi connectivity index (χ1v) is 9.24. The molecular formula is C18H29NO10. The van der Waals surface area contributed by atoms with E-state index in [4.69, 9.17) is 23.7 Å². The average molecular weight is 419 g/mol. The highest BCUT2D eigenvalue weighted by molar-refractivity contribution is 5.85. The van der Waals surface area contributed by atoms with Crippen molar-refractivity contribution in [3.05, 3.63) is 0 Å². The maximum atomic E-state index is 12.6. The van der Waals surface area contributed by atoms with Gasteiger partial charge in [0, 0.05) is 12.8 Å². The van der Waals surface area contributed by atoms with Gasteiger partial charge >= 0.3 is 18.0 Å². The van der Waals surface area contributed by atoms with E-state index in [-0.39, 0.29) is 19.4 Å². The molecule has 0 aromatic carbocycles. The molecule has 2 aliphatic heterocycles. The Bertz CT molecular complexity index is 633. The monoisotopic (exact) mass is 419 g/mol. The van der Waals surface area contributed by atoms with Crippen molar-refractivity contribution < 1.29 is 48.3 Å². The first-order valence-electron chi connectivity index (χ1n) is 9.24. The molecule has 29 heavy (non-hydrogen) atoms. The lowest BCUT2D eigenvalue weighted by molar-refractivity contribution is -0.198. The molecule has 0 unspecified atom stereocenters. The zero-order valence-electron chi connectivity index (χ0n) is 17.2. The van der Waals surface area contributed by atoms with Crippen molar-refractivity contribution in [2.24, 2.45) is 0 Å². The molecule has 0 aromatic rings. The molecule has 2 aliphatic rings. The number of hydrogen-bond acceptors (Lipinski definition) is 10. The number of alkyl carbamates (subject to hydrolysis) is 1. The number of ether oxygens (including phenoxy) is 5. The number of carbonyl (C=O) groups is 3. The fraction of sp³-hybridized carbons (Fsp3) is 0.833. The number of nitrogens with one attached hydrogen (secondary N) is 1. The summed E-state index contributed by atoms with van der Waals surface area (Å²) in [6, 6.07) is -1.30. The minimum absolute atomic E-state index is 0.0440. The zero-order valence-corrected chi connectivity index (χ0v) is 17.2. The third-order valence-corrected chi connectivity index (χ3v) is 4.74. The van der Waals surface area contributed by atoms with E-state index in [0.29, 0.717) is 0 Å². The van der Waals surface area contributed by atoms with Gasteiger partial charge in [-0.1, -0.05) is 0 Å². The maximum absolute atomic E-state index is 12.6. The number of hydrogen-bond donors (Lipinski definition) is 3. The van der Waals surface area contributed by atoms with Crippen LogP contribution in [0, 0.1) is 0 Å². The van der Waals surface area contributed by atoms with Gasteiger partial charge in [-0.25, -0.2) is 14.4 Å². The van der Waals surface area contributed by atoms with Crippen molar-refractivity contribution in [1.29, 1.82) is 0 Å². The van der Waals surface area contributed by atoms with Gasteiger partial charge in [-0.2, -0.15) is 0 Å². The number of carbonyl (C=O) groups excluding carboxylic acids is 3. The van der Waals surface area contributed by atoms with Crippen LogP contribution in [0.4, 0.5) is 4.79 Å². The molecule has 0 aliphatic carbocycles. The van der Waals surface area contributed by atoms with Crippen LogP contribution in [-0.4, -0.2) is 90.7 Å². The lowest BCUT2D eigenvalue weighted by Gasteiger charge is -2.33. The Morgan fingerprint density at radius 3 is 2.41 bits per heavy atom. The van der Waals surface area contributed by atoms with E-state index in [1.807, 2.05) is 0 Å². The molecule has 2 rings (SSSR count). The van der Waals surface area contributed by atoms with Gasteiger partial charge in [0.05, 0.1) is 26.9 Å². The Morgan fingerprint density at radius 2 is 1.86 bits per heavy atom. The number of fused-ring (bicyclic) bond motifs is 1. The number of amides is 1. The van der Waals surface area contributed by atoms with E-state index in [1.165, 1.54) is 0 Å². The standard InChI is InChI=1S/C18H29NO10/c1-17(2,3)29-16(24)19-9(14(22)25-4)6-18(15(23)26-5)7-11-13(28-18)12(21)10(20)8-27-11/h9-13,20-21H,6-8H2,1-5H3,(H,19,24)/t9-,10+,11+,12+,13-,18+/m0/s1. The summed E-state index contributed by atoms with van der Waals surface area (Å²) >= 11 is 0. The molecular weight excluding hydrogens is 390 g/mol. The molecule has 2 fully saturated rings. The van der Waals surface area contributed by atoms with Crippen molar-refractivity contribution in [1.82, 2.24) is 5.32 Å². The number of methoxy groups -OCH3 is 2. The summed E-state index contributed by atoms with van der Waals surface area (Å²) in [7, 11) is 2.28. The molecule has 11 nitrogen and oxygen atoms in total. The second kappa shape index (κ2) is 8.82. The summed E-state index contributed by atoms with van der Waals surface area (Å²) in [5.74, 6) is -1.63. The topological polar surface area (TPSA) is 150 Å². The van der Waals surface area contributed by atoms with Gasteiger partial charge in [0.1, 0.15) is 30.0 Å². The zero-order chi connectivity index (χ0) is 22.0. The van der Waals surface area contributed by atoms with E-state index >= 15 is 0 Å². The molecule has 3 N–H and O–H groups in total. The molecule has 6 atom stereocenters. The molecule has 0 bridgehead atoms. The quantitative estimate of drug-likeness (QED) is 0.384. The smallest absolute Gasteiger partial charge is 0.408 e. The predicted octanol–water partition coefficient (Wildman–Crippen LogP) is -0.736. The number of aliphatic hydroxyl groups excluding tert-OH is 2. The van der Waals surface area contributed by atoms with Crippen LogP contribution in [0.2, 0.25) is 0 Å². The third-order valence-electron chi connectivity index (χ3n) is 4.74. The maximum Gasteiger partial charge on any atom is 0.408 e. The van der Waals surface area contributed by atoms with Crippen LogP contribution in [0.25, 0.3) is 0 Å². The fourth-order valence-corrected chi connectivity index (χ4v) is 3.46. The second-order valence-corrected chi connectivity index (χ2v) is 8.13. The summed E-state index contributed by atoms with van der Waals surface area (Å²) in [6.07, 6.45) is -5.43. The molecule has 166 valence electrons. The van der Waals surface area contributed by atoms with Crippen LogP contribution in [0.5, 0.6) is 0 Å². The van der Waals surface area contributed by atoms with Gasteiger partial charge in [-0.3, -0.25) is 0 Å².